The summed E-state index contributed by atoms with van der Waals surface area (Å²) >= 11 is 4.40. The van der Waals surface area contributed by atoms with Crippen LogP contribution < -0.4 is 4.72 Å². The van der Waals surface area contributed by atoms with E-state index in [-0.39, 0.29) is 20.3 Å². The van der Waals surface area contributed by atoms with Crippen LogP contribution in [-0.4, -0.2) is 13.3 Å². The van der Waals surface area contributed by atoms with Gasteiger partial charge in [0.2, 0.25) is 0 Å². The molecule has 0 heterocycles. The van der Waals surface area contributed by atoms with E-state index in [9.17, 15) is 0 Å². The van der Waals surface area contributed by atoms with Crippen LogP contribution in [-0.2, 0) is 4.74 Å². The lowest BCUT2D eigenvalue weighted by molar-refractivity contribution is 0.113. The second kappa shape index (κ2) is 15.7. The van der Waals surface area contributed by atoms with Crippen molar-refractivity contribution in [1.82, 2.24) is 4.72 Å². The van der Waals surface area contributed by atoms with Crippen molar-refractivity contribution >= 4 is 12.8 Å². The summed E-state index contributed by atoms with van der Waals surface area (Å²) in [5.41, 5.74) is 0. The van der Waals surface area contributed by atoms with Crippen molar-refractivity contribution in [2.45, 2.75) is 13.2 Å². The molecule has 0 aliphatic carbocycles. The number of hydrogen-bond acceptors (Lipinski definition) is 2. The average molecular weight is 166 g/mol. The van der Waals surface area contributed by atoms with Crippen LogP contribution in [0.1, 0.15) is 6.92 Å². The largest absolute Gasteiger partial charge is 0.366 e. The fourth-order valence-corrected chi connectivity index (χ4v) is 0.144. The van der Waals surface area contributed by atoms with Crippen molar-refractivity contribution in [3.05, 3.63) is 0 Å². The van der Waals surface area contributed by atoms with E-state index in [0.29, 0.717) is 0 Å². The highest BCUT2D eigenvalue weighted by Gasteiger charge is 1.87. The number of ether oxygens (including phenoxy) is 1. The lowest BCUT2D eigenvalue weighted by Crippen LogP contribution is -2.17. The maximum Gasteiger partial charge on any atom is 0.114 e. The first kappa shape index (κ1) is 23.0. The monoisotopic (exact) mass is 166 g/mol. The number of halogens is 3. The van der Waals surface area contributed by atoms with Crippen LogP contribution in [0.3, 0.4) is 0 Å². The highest BCUT2D eigenvalue weighted by atomic mass is 32.1. The van der Waals surface area contributed by atoms with Crippen molar-refractivity contribution < 1.29 is 18.9 Å². The van der Waals surface area contributed by atoms with Gasteiger partial charge < -0.3 is 4.74 Å². The van der Waals surface area contributed by atoms with Gasteiger partial charge in [-0.3, -0.25) is 14.1 Å². The van der Waals surface area contributed by atoms with E-state index in [2.05, 4.69) is 22.3 Å². The molecule has 0 rings (SSSR count). The summed E-state index contributed by atoms with van der Waals surface area (Å²) in [6.45, 7) is 1.84. The molecule has 0 aromatic carbocycles. The predicted molar refractivity (Wildman–Crippen MR) is 34.7 cm³/mol. The fraction of sp³-hybridized carbons (Fsp3) is 1.00. The van der Waals surface area contributed by atoms with Crippen molar-refractivity contribution in [2.75, 3.05) is 7.11 Å². The second-order valence-electron chi connectivity index (χ2n) is 0.996. The topological polar surface area (TPSA) is 21.3 Å². The number of methoxy groups -OCH3 is 1. The minimum Gasteiger partial charge on any atom is -0.366 e. The zero-order valence-electron chi connectivity index (χ0n) is 5.12. The third kappa shape index (κ3) is 18.0. The molecular formula is C3H11F3NOS. The van der Waals surface area contributed by atoms with Gasteiger partial charge in [0.05, 0.1) is 0 Å². The Hall–Kier alpha value is 0.0600. The summed E-state index contributed by atoms with van der Waals surface area (Å²) in [5.74, 6) is 0. The molecule has 2 nitrogen and oxygen atoms in total. The summed E-state index contributed by atoms with van der Waals surface area (Å²) in [4.78, 5) is 0. The quantitative estimate of drug-likeness (QED) is 0.621. The van der Waals surface area contributed by atoms with Gasteiger partial charge in [0.15, 0.2) is 0 Å². The molecule has 0 amide bonds. The molecule has 1 radical (unpaired) electrons. The second-order valence-corrected chi connectivity index (χ2v) is 1.23. The van der Waals surface area contributed by atoms with E-state index in [4.69, 9.17) is 0 Å². The minimum atomic E-state index is -0.000000000000000222. The molecule has 0 aliphatic heterocycles. The Balaban J connectivity index is -0.0000000417. The van der Waals surface area contributed by atoms with E-state index < -0.39 is 0 Å². The predicted octanol–water partition coefficient (Wildman–Crippen LogP) is 1.14. The number of hydrogen-bond donors (Lipinski definition) is 1. The molecule has 61 valence electrons. The first-order valence-electron chi connectivity index (χ1n) is 1.71. The van der Waals surface area contributed by atoms with Crippen molar-refractivity contribution in [3.8, 4) is 0 Å². The zero-order chi connectivity index (χ0) is 4.99. The van der Waals surface area contributed by atoms with Crippen molar-refractivity contribution in [2.24, 2.45) is 0 Å². The van der Waals surface area contributed by atoms with Crippen LogP contribution in [0.25, 0.3) is 0 Å². The first-order chi connectivity index (χ1) is 2.81. The molecule has 0 saturated heterocycles. The first-order valence-corrected chi connectivity index (χ1v) is 2.12. The van der Waals surface area contributed by atoms with Gasteiger partial charge in [-0.05, 0) is 6.92 Å². The summed E-state index contributed by atoms with van der Waals surface area (Å²) < 4.78 is 7.16. The molecule has 1 unspecified atom stereocenters. The Bertz CT molecular complexity index is 38.2. The Morgan fingerprint density at radius 1 is 1.33 bits per heavy atom. The molecule has 0 saturated carbocycles. The lowest BCUT2D eigenvalue weighted by Gasteiger charge is -2.02. The van der Waals surface area contributed by atoms with Crippen molar-refractivity contribution in [3.63, 3.8) is 0 Å². The van der Waals surface area contributed by atoms with E-state index in [1.165, 1.54) is 0 Å². The number of rotatable bonds is 2. The van der Waals surface area contributed by atoms with E-state index in [1.54, 1.807) is 7.11 Å². The molecule has 1 atom stereocenters. The molecule has 0 bridgehead atoms. The summed E-state index contributed by atoms with van der Waals surface area (Å²) in [5, 5.41) is 0. The van der Waals surface area contributed by atoms with Crippen LogP contribution in [0.5, 0.6) is 0 Å². The molecule has 1 N–H and O–H groups in total. The summed E-state index contributed by atoms with van der Waals surface area (Å²) in [6, 6.07) is 0. The molecule has 9 heavy (non-hydrogen) atoms. The van der Waals surface area contributed by atoms with Gasteiger partial charge in [-0.1, -0.05) is 0 Å². The molecule has 0 aromatic rings. The molecule has 0 spiro atoms. The Morgan fingerprint density at radius 3 is 1.67 bits per heavy atom. The molecule has 0 aliphatic rings. The van der Waals surface area contributed by atoms with Gasteiger partial charge in [0.1, 0.15) is 6.23 Å². The highest BCUT2D eigenvalue weighted by Crippen LogP contribution is 1.78. The Labute approximate surface area is 57.6 Å². The van der Waals surface area contributed by atoms with Crippen LogP contribution in [0, 0.1) is 0 Å². The van der Waals surface area contributed by atoms with Gasteiger partial charge in [0, 0.05) is 19.9 Å². The van der Waals surface area contributed by atoms with Crippen LogP contribution in [0.15, 0.2) is 0 Å². The van der Waals surface area contributed by atoms with Gasteiger partial charge in [0.25, 0.3) is 0 Å². The third-order valence-corrected chi connectivity index (χ3v) is 0.851. The van der Waals surface area contributed by atoms with E-state index in [1.807, 2.05) is 6.92 Å². The average Bonchev–Trinajstić information content (AvgIpc) is 1.65. The third-order valence-electron chi connectivity index (χ3n) is 0.520. The smallest absolute Gasteiger partial charge is 0.114 e. The normalized spacial score (nSPS) is 9.67. The van der Waals surface area contributed by atoms with Crippen LogP contribution >= 0.6 is 12.8 Å². The van der Waals surface area contributed by atoms with Gasteiger partial charge >= 0.3 is 0 Å². The zero-order valence-corrected chi connectivity index (χ0v) is 5.94. The maximum absolute atomic E-state index is 4.68. The van der Waals surface area contributed by atoms with Crippen molar-refractivity contribution in [1.29, 1.82) is 0 Å². The summed E-state index contributed by atoms with van der Waals surface area (Å²) in [7, 11) is 1.60. The van der Waals surface area contributed by atoms with Gasteiger partial charge in [-0.15, -0.1) is 0 Å². The van der Waals surface area contributed by atoms with Crippen LogP contribution in [0.2, 0.25) is 0 Å². The minimum absolute atomic E-state index is 0. The number of nitrogens with one attached hydrogen (secondary N) is 1. The maximum atomic E-state index is 4.68. The molecular weight excluding hydrogens is 155 g/mol. The standard InChI is InChI=1S/C3H8NOS.3FH/c1-3(4-6)5-2;;;/h3-4H,1-2H3;3*1H. The Morgan fingerprint density at radius 2 is 1.67 bits per heavy atom. The lowest BCUT2D eigenvalue weighted by atomic mass is 10.7. The van der Waals surface area contributed by atoms with Crippen LogP contribution in [0.4, 0.5) is 14.1 Å². The van der Waals surface area contributed by atoms with E-state index >= 15 is 0 Å². The highest BCUT2D eigenvalue weighted by molar-refractivity contribution is 7.78. The van der Waals surface area contributed by atoms with Gasteiger partial charge in [-0.2, -0.15) is 0 Å². The summed E-state index contributed by atoms with van der Waals surface area (Å²) in [6.07, 6.45) is -0.000000000000000222. The van der Waals surface area contributed by atoms with Gasteiger partial charge in [-0.25, -0.2) is 4.72 Å². The molecule has 0 aromatic heterocycles. The fourth-order valence-electron chi connectivity index (χ4n) is 0.0481. The Kier molecular flexibility index (Phi) is 40.1. The molecule has 0 fully saturated rings. The molecule has 6 heteroatoms. The van der Waals surface area contributed by atoms with E-state index in [0.717, 1.165) is 0 Å². The SMILES string of the molecule is COC(C)N[S].F.F.F.